The summed E-state index contributed by atoms with van der Waals surface area (Å²) in [5.41, 5.74) is 1.75. The summed E-state index contributed by atoms with van der Waals surface area (Å²) in [7, 11) is 0. The van der Waals surface area contributed by atoms with Crippen LogP contribution in [-0.4, -0.2) is 16.0 Å². The van der Waals surface area contributed by atoms with E-state index in [-0.39, 0.29) is 22.5 Å². The van der Waals surface area contributed by atoms with Gasteiger partial charge in [-0.15, -0.1) is 11.3 Å². The van der Waals surface area contributed by atoms with Gasteiger partial charge in [0, 0.05) is 9.35 Å². The highest BCUT2D eigenvalue weighted by atomic mass is 79.9. The molecule has 8 heteroatoms. The number of thiazole rings is 1. The van der Waals surface area contributed by atoms with Gasteiger partial charge in [-0.1, -0.05) is 28.1 Å². The molecule has 0 aliphatic carbocycles. The molecular formula is C22H15BrN2O4S. The highest BCUT2D eigenvalue weighted by molar-refractivity contribution is 9.10. The van der Waals surface area contributed by atoms with Gasteiger partial charge in [0.2, 0.25) is 5.76 Å². The zero-order valence-corrected chi connectivity index (χ0v) is 18.4. The van der Waals surface area contributed by atoms with Crippen LogP contribution in [0.5, 0.6) is 5.75 Å². The molecule has 0 bridgehead atoms. The van der Waals surface area contributed by atoms with Gasteiger partial charge in [-0.25, -0.2) is 4.98 Å². The van der Waals surface area contributed by atoms with E-state index in [0.29, 0.717) is 21.7 Å². The quantitative estimate of drug-likeness (QED) is 0.430. The third-order valence-corrected chi connectivity index (χ3v) is 6.81. The van der Waals surface area contributed by atoms with E-state index in [4.69, 9.17) is 4.42 Å². The molecule has 1 aliphatic rings. The van der Waals surface area contributed by atoms with Gasteiger partial charge in [-0.3, -0.25) is 14.5 Å². The van der Waals surface area contributed by atoms with E-state index in [9.17, 15) is 14.7 Å². The number of phenolic OH excluding ortho intramolecular Hbond substituents is 1. The Morgan fingerprint density at radius 1 is 1.17 bits per heavy atom. The molecule has 1 aliphatic heterocycles. The van der Waals surface area contributed by atoms with Crippen LogP contribution in [-0.2, 0) is 0 Å². The van der Waals surface area contributed by atoms with Crippen molar-refractivity contribution in [3.05, 3.63) is 84.6 Å². The Morgan fingerprint density at radius 2 is 1.97 bits per heavy atom. The van der Waals surface area contributed by atoms with Crippen molar-refractivity contribution in [2.75, 3.05) is 4.90 Å². The SMILES string of the molecule is Cc1nc(N2C(=O)c3oc4ccc(Br)cc4c(=O)c3C2c2cccc(O)c2)sc1C. The summed E-state index contributed by atoms with van der Waals surface area (Å²) in [5, 5.41) is 10.9. The minimum absolute atomic E-state index is 0.00803. The summed E-state index contributed by atoms with van der Waals surface area (Å²) in [6, 6.07) is 10.9. The van der Waals surface area contributed by atoms with Crippen molar-refractivity contribution in [1.29, 1.82) is 0 Å². The lowest BCUT2D eigenvalue weighted by Crippen LogP contribution is -2.29. The summed E-state index contributed by atoms with van der Waals surface area (Å²) < 4.78 is 6.66. The fourth-order valence-electron chi connectivity index (χ4n) is 3.71. The van der Waals surface area contributed by atoms with Gasteiger partial charge in [-0.05, 0) is 49.7 Å². The van der Waals surface area contributed by atoms with Crippen LogP contribution in [0.1, 0.15) is 38.3 Å². The number of aryl methyl sites for hydroxylation is 2. The van der Waals surface area contributed by atoms with E-state index >= 15 is 0 Å². The van der Waals surface area contributed by atoms with Crippen molar-refractivity contribution in [1.82, 2.24) is 4.98 Å². The zero-order valence-electron chi connectivity index (χ0n) is 16.0. The molecule has 1 amide bonds. The molecule has 0 radical (unpaired) electrons. The smallest absolute Gasteiger partial charge is 0.297 e. The van der Waals surface area contributed by atoms with Gasteiger partial charge in [0.25, 0.3) is 5.91 Å². The summed E-state index contributed by atoms with van der Waals surface area (Å²) in [6.45, 7) is 3.81. The molecule has 1 atom stereocenters. The summed E-state index contributed by atoms with van der Waals surface area (Å²) in [4.78, 5) is 34.0. The van der Waals surface area contributed by atoms with Crippen LogP contribution >= 0.6 is 27.3 Å². The van der Waals surface area contributed by atoms with E-state index in [0.717, 1.165) is 15.0 Å². The normalized spacial score (nSPS) is 15.8. The van der Waals surface area contributed by atoms with Crippen molar-refractivity contribution >= 4 is 49.3 Å². The number of fused-ring (bicyclic) bond motifs is 2. The molecule has 4 aromatic rings. The first-order valence-corrected chi connectivity index (χ1v) is 10.8. The number of hydrogen-bond donors (Lipinski definition) is 1. The van der Waals surface area contributed by atoms with Crippen molar-refractivity contribution < 1.29 is 14.3 Å². The van der Waals surface area contributed by atoms with E-state index in [1.165, 1.54) is 16.2 Å². The molecular weight excluding hydrogens is 468 g/mol. The number of aromatic hydroxyl groups is 1. The number of amides is 1. The third kappa shape index (κ3) is 2.79. The predicted octanol–water partition coefficient (Wildman–Crippen LogP) is 5.08. The van der Waals surface area contributed by atoms with Crippen LogP contribution in [0.25, 0.3) is 11.0 Å². The van der Waals surface area contributed by atoms with Gasteiger partial charge < -0.3 is 9.52 Å². The van der Waals surface area contributed by atoms with Crippen molar-refractivity contribution in [3.63, 3.8) is 0 Å². The molecule has 0 saturated carbocycles. The standard InChI is InChI=1S/C22H15BrN2O4S/c1-10-11(2)30-22(24-10)25-18(12-4-3-5-14(26)8-12)17-19(27)15-9-13(23)6-7-16(15)29-20(17)21(25)28/h3-9,18,26H,1-2H3. The molecule has 2 aromatic carbocycles. The molecule has 3 heterocycles. The first kappa shape index (κ1) is 19.0. The number of nitrogens with zero attached hydrogens (tertiary/aromatic N) is 2. The Morgan fingerprint density at radius 3 is 2.67 bits per heavy atom. The first-order chi connectivity index (χ1) is 14.3. The number of carbonyl (C=O) groups excluding carboxylic acids is 1. The van der Waals surface area contributed by atoms with E-state index in [2.05, 4.69) is 20.9 Å². The van der Waals surface area contributed by atoms with Crippen LogP contribution in [0.15, 0.2) is 56.1 Å². The zero-order chi connectivity index (χ0) is 21.2. The van der Waals surface area contributed by atoms with Crippen molar-refractivity contribution in [2.45, 2.75) is 19.9 Å². The minimum Gasteiger partial charge on any atom is -0.508 e. The molecule has 0 spiro atoms. The van der Waals surface area contributed by atoms with Gasteiger partial charge in [0.15, 0.2) is 10.6 Å². The molecule has 6 nitrogen and oxygen atoms in total. The number of phenols is 1. The monoisotopic (exact) mass is 482 g/mol. The Balaban J connectivity index is 1.84. The topological polar surface area (TPSA) is 83.6 Å². The van der Waals surface area contributed by atoms with Crippen LogP contribution in [0.2, 0.25) is 0 Å². The highest BCUT2D eigenvalue weighted by Gasteiger charge is 2.45. The van der Waals surface area contributed by atoms with E-state index in [1.54, 1.807) is 42.5 Å². The number of hydrogen-bond acceptors (Lipinski definition) is 6. The third-order valence-electron chi connectivity index (χ3n) is 5.24. The maximum absolute atomic E-state index is 13.5. The van der Waals surface area contributed by atoms with Gasteiger partial charge in [0.05, 0.1) is 22.7 Å². The maximum Gasteiger partial charge on any atom is 0.297 e. The number of aromatic nitrogens is 1. The molecule has 0 fully saturated rings. The average molecular weight is 483 g/mol. The van der Waals surface area contributed by atoms with Gasteiger partial charge in [-0.2, -0.15) is 0 Å². The lowest BCUT2D eigenvalue weighted by molar-refractivity contribution is 0.0971. The lowest BCUT2D eigenvalue weighted by atomic mass is 9.98. The largest absolute Gasteiger partial charge is 0.508 e. The van der Waals surface area contributed by atoms with E-state index < -0.39 is 11.9 Å². The first-order valence-electron chi connectivity index (χ1n) is 9.18. The van der Waals surface area contributed by atoms with Crippen LogP contribution in [0, 0.1) is 13.8 Å². The summed E-state index contributed by atoms with van der Waals surface area (Å²) in [5.74, 6) is -0.365. The van der Waals surface area contributed by atoms with Crippen LogP contribution in [0.4, 0.5) is 5.13 Å². The fraction of sp³-hybridized carbons (Fsp3) is 0.136. The fourth-order valence-corrected chi connectivity index (χ4v) is 5.01. The van der Waals surface area contributed by atoms with Gasteiger partial charge >= 0.3 is 0 Å². The molecule has 1 N–H and O–H groups in total. The van der Waals surface area contributed by atoms with Crippen LogP contribution < -0.4 is 10.3 Å². The van der Waals surface area contributed by atoms with E-state index in [1.807, 2.05) is 13.8 Å². The molecule has 5 rings (SSSR count). The Hall–Kier alpha value is -2.97. The predicted molar refractivity (Wildman–Crippen MR) is 119 cm³/mol. The Labute approximate surface area is 183 Å². The number of benzene rings is 2. The van der Waals surface area contributed by atoms with Crippen LogP contribution in [0.3, 0.4) is 0 Å². The Bertz CT molecular complexity index is 1390. The molecule has 1 unspecified atom stereocenters. The number of carbonyl (C=O) groups is 1. The molecule has 0 saturated heterocycles. The number of rotatable bonds is 2. The Kier molecular flexibility index (Phi) is 4.30. The average Bonchev–Trinajstić information content (AvgIpc) is 3.19. The summed E-state index contributed by atoms with van der Waals surface area (Å²) >= 11 is 4.77. The maximum atomic E-state index is 13.5. The number of halogens is 1. The molecule has 150 valence electrons. The molecule has 30 heavy (non-hydrogen) atoms. The number of anilines is 1. The van der Waals surface area contributed by atoms with Crippen molar-refractivity contribution in [3.8, 4) is 5.75 Å². The van der Waals surface area contributed by atoms with Crippen molar-refractivity contribution in [2.24, 2.45) is 0 Å². The second-order valence-electron chi connectivity index (χ2n) is 7.13. The minimum atomic E-state index is -0.746. The highest BCUT2D eigenvalue weighted by Crippen LogP contribution is 2.43. The summed E-state index contributed by atoms with van der Waals surface area (Å²) in [6.07, 6.45) is 0. The lowest BCUT2D eigenvalue weighted by Gasteiger charge is -2.22. The second kappa shape index (κ2) is 6.78. The molecule has 2 aromatic heterocycles. The second-order valence-corrected chi connectivity index (χ2v) is 9.22. The van der Waals surface area contributed by atoms with Gasteiger partial charge in [0.1, 0.15) is 11.3 Å².